The van der Waals surface area contributed by atoms with Crippen LogP contribution in [0.2, 0.25) is 5.15 Å². The van der Waals surface area contributed by atoms with Gasteiger partial charge in [-0.25, -0.2) is 4.98 Å². The van der Waals surface area contributed by atoms with E-state index in [1.165, 1.54) is 11.3 Å². The molecule has 0 radical (unpaired) electrons. The minimum absolute atomic E-state index is 0.481. The van der Waals surface area contributed by atoms with Gasteiger partial charge in [0.25, 0.3) is 0 Å². The number of fused-ring (bicyclic) bond motifs is 1. The van der Waals surface area contributed by atoms with Gasteiger partial charge in [-0.05, 0) is 12.1 Å². The molecule has 0 saturated carbocycles. The van der Waals surface area contributed by atoms with Gasteiger partial charge in [0.05, 0.1) is 5.52 Å². The lowest BCUT2D eigenvalue weighted by Crippen LogP contribution is -1.94. The first-order valence-corrected chi connectivity index (χ1v) is 5.52. The monoisotopic (exact) mass is 236 g/mol. The van der Waals surface area contributed by atoms with E-state index in [9.17, 15) is 0 Å². The average Bonchev–Trinajstić information content (AvgIpc) is 2.83. The molecule has 0 fully saturated rings. The number of hydrogen-bond donors (Lipinski definition) is 0. The molecule has 74 valence electrons. The summed E-state index contributed by atoms with van der Waals surface area (Å²) in [6.45, 7) is 0. The zero-order valence-electron chi connectivity index (χ0n) is 7.46. The molecule has 2 heterocycles. The van der Waals surface area contributed by atoms with Gasteiger partial charge in [-0.3, -0.25) is 0 Å². The van der Waals surface area contributed by atoms with Crippen molar-refractivity contribution in [2.45, 2.75) is 0 Å². The third kappa shape index (κ3) is 1.40. The molecule has 4 nitrogen and oxygen atoms in total. The summed E-state index contributed by atoms with van der Waals surface area (Å²) in [5, 5.41) is 11.1. The van der Waals surface area contributed by atoms with E-state index in [-0.39, 0.29) is 0 Å². The third-order valence-electron chi connectivity index (χ3n) is 2.00. The van der Waals surface area contributed by atoms with E-state index in [1.54, 1.807) is 10.1 Å². The van der Waals surface area contributed by atoms with Gasteiger partial charge in [-0.1, -0.05) is 28.9 Å². The van der Waals surface area contributed by atoms with Gasteiger partial charge < -0.3 is 0 Å². The van der Waals surface area contributed by atoms with E-state index in [0.29, 0.717) is 5.15 Å². The summed E-state index contributed by atoms with van der Waals surface area (Å²) in [6, 6.07) is 7.73. The van der Waals surface area contributed by atoms with Crippen molar-refractivity contribution in [1.29, 1.82) is 0 Å². The number of aromatic nitrogens is 4. The molecule has 0 aliphatic rings. The van der Waals surface area contributed by atoms with Gasteiger partial charge in [-0.15, -0.1) is 16.4 Å². The molecule has 0 amide bonds. The summed E-state index contributed by atoms with van der Waals surface area (Å²) in [7, 11) is 0. The van der Waals surface area contributed by atoms with Crippen LogP contribution in [0.3, 0.4) is 0 Å². The number of thiazole rings is 1. The summed E-state index contributed by atoms with van der Waals surface area (Å²) in [5.41, 5.74) is 1.78. The molecule has 0 N–H and O–H groups in total. The Morgan fingerprint density at radius 2 is 2.13 bits per heavy atom. The average molecular weight is 237 g/mol. The molecule has 0 saturated heterocycles. The predicted octanol–water partition coefficient (Wildman–Crippen LogP) is 2.53. The van der Waals surface area contributed by atoms with Crippen LogP contribution in [-0.4, -0.2) is 20.0 Å². The first kappa shape index (κ1) is 8.82. The van der Waals surface area contributed by atoms with E-state index in [1.807, 2.05) is 24.3 Å². The van der Waals surface area contributed by atoms with Crippen molar-refractivity contribution in [3.63, 3.8) is 0 Å². The van der Waals surface area contributed by atoms with Crippen molar-refractivity contribution in [1.82, 2.24) is 20.0 Å². The lowest BCUT2D eigenvalue weighted by Gasteiger charge is -1.94. The maximum Gasteiger partial charge on any atom is 0.213 e. The Balaban J connectivity index is 2.27. The maximum atomic E-state index is 5.77. The highest BCUT2D eigenvalue weighted by atomic mass is 35.5. The first-order valence-electron chi connectivity index (χ1n) is 4.26. The van der Waals surface area contributed by atoms with Crippen molar-refractivity contribution < 1.29 is 0 Å². The number of hydrogen-bond acceptors (Lipinski definition) is 4. The van der Waals surface area contributed by atoms with Gasteiger partial charge in [0.1, 0.15) is 10.7 Å². The Bertz CT molecular complexity index is 615. The van der Waals surface area contributed by atoms with Gasteiger partial charge in [0, 0.05) is 5.38 Å². The van der Waals surface area contributed by atoms with E-state index in [2.05, 4.69) is 15.3 Å². The summed E-state index contributed by atoms with van der Waals surface area (Å²) in [6.07, 6.45) is 0. The zero-order valence-corrected chi connectivity index (χ0v) is 9.03. The SMILES string of the molecule is Clc1csc(-n2nnc3ccccc32)n1. The molecule has 1 aromatic carbocycles. The van der Waals surface area contributed by atoms with Gasteiger partial charge in [0.15, 0.2) is 0 Å². The minimum Gasteiger partial charge on any atom is -0.206 e. The lowest BCUT2D eigenvalue weighted by atomic mass is 10.3. The van der Waals surface area contributed by atoms with Crippen LogP contribution in [0.1, 0.15) is 0 Å². The fraction of sp³-hybridized carbons (Fsp3) is 0. The highest BCUT2D eigenvalue weighted by Crippen LogP contribution is 2.21. The van der Waals surface area contributed by atoms with Crippen molar-refractivity contribution in [3.05, 3.63) is 34.8 Å². The van der Waals surface area contributed by atoms with E-state index < -0.39 is 0 Å². The van der Waals surface area contributed by atoms with E-state index >= 15 is 0 Å². The second-order valence-electron chi connectivity index (χ2n) is 2.94. The van der Waals surface area contributed by atoms with Gasteiger partial charge >= 0.3 is 0 Å². The van der Waals surface area contributed by atoms with Crippen molar-refractivity contribution in [2.75, 3.05) is 0 Å². The summed E-state index contributed by atoms with van der Waals surface area (Å²) < 4.78 is 1.69. The number of para-hydroxylation sites is 1. The Labute approximate surface area is 94.1 Å². The Kier molecular flexibility index (Phi) is 1.93. The van der Waals surface area contributed by atoms with Crippen LogP contribution in [-0.2, 0) is 0 Å². The largest absolute Gasteiger partial charge is 0.213 e. The lowest BCUT2D eigenvalue weighted by molar-refractivity contribution is 0.817. The van der Waals surface area contributed by atoms with Crippen molar-refractivity contribution in [3.8, 4) is 5.13 Å². The maximum absolute atomic E-state index is 5.77. The fourth-order valence-corrected chi connectivity index (χ4v) is 2.26. The van der Waals surface area contributed by atoms with Gasteiger partial charge in [-0.2, -0.15) is 4.68 Å². The molecule has 3 aromatic rings. The van der Waals surface area contributed by atoms with Crippen molar-refractivity contribution in [2.24, 2.45) is 0 Å². The number of halogens is 1. The molecular weight excluding hydrogens is 232 g/mol. The fourth-order valence-electron chi connectivity index (χ4n) is 1.35. The third-order valence-corrected chi connectivity index (χ3v) is 3.14. The summed E-state index contributed by atoms with van der Waals surface area (Å²) in [5.74, 6) is 0. The van der Waals surface area contributed by atoms with Crippen LogP contribution in [0, 0.1) is 0 Å². The molecule has 6 heteroatoms. The molecule has 0 aliphatic heterocycles. The molecule has 0 atom stereocenters. The number of benzene rings is 1. The number of rotatable bonds is 1. The molecule has 2 aromatic heterocycles. The Hall–Kier alpha value is -1.46. The van der Waals surface area contributed by atoms with E-state index in [0.717, 1.165) is 16.2 Å². The highest BCUT2D eigenvalue weighted by Gasteiger charge is 2.08. The topological polar surface area (TPSA) is 43.6 Å². The van der Waals surface area contributed by atoms with Crippen molar-refractivity contribution >= 4 is 34.0 Å². The highest BCUT2D eigenvalue weighted by molar-refractivity contribution is 7.12. The molecule has 0 aliphatic carbocycles. The minimum atomic E-state index is 0.481. The molecule has 3 rings (SSSR count). The van der Waals surface area contributed by atoms with Crippen LogP contribution in [0.25, 0.3) is 16.2 Å². The summed E-state index contributed by atoms with van der Waals surface area (Å²) in [4.78, 5) is 4.15. The smallest absolute Gasteiger partial charge is 0.206 e. The second-order valence-corrected chi connectivity index (χ2v) is 4.17. The van der Waals surface area contributed by atoms with Crippen LogP contribution in [0.15, 0.2) is 29.6 Å². The number of nitrogens with zero attached hydrogens (tertiary/aromatic N) is 4. The standard InChI is InChI=1S/C9H5ClN4S/c10-8-5-15-9(11-8)14-7-4-2-1-3-6(7)12-13-14/h1-5H. The molecule has 0 spiro atoms. The van der Waals surface area contributed by atoms with E-state index in [4.69, 9.17) is 11.6 Å². The van der Waals surface area contributed by atoms with Crippen LogP contribution >= 0.6 is 22.9 Å². The first-order chi connectivity index (χ1) is 7.34. The van der Waals surface area contributed by atoms with Gasteiger partial charge in [0.2, 0.25) is 5.13 Å². The Morgan fingerprint density at radius 3 is 2.93 bits per heavy atom. The predicted molar refractivity (Wildman–Crippen MR) is 59.5 cm³/mol. The quantitative estimate of drug-likeness (QED) is 0.652. The van der Waals surface area contributed by atoms with Crippen LogP contribution in [0.5, 0.6) is 0 Å². The summed E-state index contributed by atoms with van der Waals surface area (Å²) >= 11 is 7.21. The zero-order chi connectivity index (χ0) is 10.3. The van der Waals surface area contributed by atoms with Crippen LogP contribution < -0.4 is 0 Å². The molecule has 0 bridgehead atoms. The molecular formula is C9H5ClN4S. The normalized spacial score (nSPS) is 11.0. The molecule has 0 unspecified atom stereocenters. The van der Waals surface area contributed by atoms with Crippen LogP contribution in [0.4, 0.5) is 0 Å². The molecule has 15 heavy (non-hydrogen) atoms. The second kappa shape index (κ2) is 3.29. The Morgan fingerprint density at radius 1 is 1.27 bits per heavy atom.